The van der Waals surface area contributed by atoms with Crippen LogP contribution < -0.4 is 10.1 Å². The number of esters is 1. The Morgan fingerprint density at radius 1 is 1.33 bits per heavy atom. The van der Waals surface area contributed by atoms with Gasteiger partial charge in [0.05, 0.1) is 6.61 Å². The number of hydrogen-bond acceptors (Lipinski definition) is 4. The van der Waals surface area contributed by atoms with E-state index in [-0.39, 0.29) is 12.6 Å². The van der Waals surface area contributed by atoms with Crippen LogP contribution in [-0.2, 0) is 16.1 Å². The monoisotopic (exact) mass is 251 g/mol. The standard InChI is InChI=1S/C14H21NO3/c1-4-17-14(16)10-18-13-8-6-5-7-12(13)9-15-11(2)3/h5-8,11,15H,4,9-10H2,1-3H3. The van der Waals surface area contributed by atoms with Gasteiger partial charge in [-0.3, -0.25) is 0 Å². The molecular weight excluding hydrogens is 230 g/mol. The molecule has 1 N–H and O–H groups in total. The van der Waals surface area contributed by atoms with Crippen molar-refractivity contribution in [1.29, 1.82) is 0 Å². The summed E-state index contributed by atoms with van der Waals surface area (Å²) in [5.41, 5.74) is 1.04. The number of carbonyl (C=O) groups is 1. The molecule has 0 aromatic heterocycles. The average Bonchev–Trinajstić information content (AvgIpc) is 2.35. The molecule has 4 nitrogen and oxygen atoms in total. The number of rotatable bonds is 7. The third-order valence-corrected chi connectivity index (χ3v) is 2.32. The van der Waals surface area contributed by atoms with E-state index in [0.717, 1.165) is 17.9 Å². The molecule has 0 bridgehead atoms. The number of hydrogen-bond donors (Lipinski definition) is 1. The van der Waals surface area contributed by atoms with Gasteiger partial charge in [-0.2, -0.15) is 0 Å². The van der Waals surface area contributed by atoms with Crippen LogP contribution in [0.4, 0.5) is 0 Å². The molecule has 0 aliphatic rings. The summed E-state index contributed by atoms with van der Waals surface area (Å²) in [6.07, 6.45) is 0. The maximum Gasteiger partial charge on any atom is 0.344 e. The molecule has 4 heteroatoms. The molecule has 0 heterocycles. The fraction of sp³-hybridized carbons (Fsp3) is 0.500. The predicted octanol–water partition coefficient (Wildman–Crippen LogP) is 2.13. The predicted molar refractivity (Wildman–Crippen MR) is 70.5 cm³/mol. The Morgan fingerprint density at radius 3 is 2.72 bits per heavy atom. The Labute approximate surface area is 108 Å². The highest BCUT2D eigenvalue weighted by atomic mass is 16.6. The highest BCUT2D eigenvalue weighted by Crippen LogP contribution is 2.17. The van der Waals surface area contributed by atoms with E-state index in [9.17, 15) is 4.79 Å². The number of para-hydroxylation sites is 1. The lowest BCUT2D eigenvalue weighted by molar-refractivity contribution is -0.145. The van der Waals surface area contributed by atoms with Crippen LogP contribution in [0.2, 0.25) is 0 Å². The minimum Gasteiger partial charge on any atom is -0.482 e. The summed E-state index contributed by atoms with van der Waals surface area (Å²) in [6, 6.07) is 8.09. The van der Waals surface area contributed by atoms with E-state index in [0.29, 0.717) is 12.6 Å². The molecule has 0 saturated heterocycles. The molecule has 0 saturated carbocycles. The molecule has 0 aliphatic carbocycles. The first kappa shape index (κ1) is 14.5. The van der Waals surface area contributed by atoms with Crippen molar-refractivity contribution in [3.63, 3.8) is 0 Å². The van der Waals surface area contributed by atoms with Crippen LogP contribution in [0.25, 0.3) is 0 Å². The lowest BCUT2D eigenvalue weighted by Gasteiger charge is -2.13. The lowest BCUT2D eigenvalue weighted by Crippen LogP contribution is -2.22. The largest absolute Gasteiger partial charge is 0.482 e. The van der Waals surface area contributed by atoms with Crippen molar-refractivity contribution in [2.75, 3.05) is 13.2 Å². The molecule has 0 unspecified atom stereocenters. The number of nitrogens with one attached hydrogen (secondary N) is 1. The Kier molecular flexibility index (Phi) is 6.22. The van der Waals surface area contributed by atoms with Gasteiger partial charge in [0.1, 0.15) is 5.75 Å². The number of carbonyl (C=O) groups excluding carboxylic acids is 1. The molecule has 18 heavy (non-hydrogen) atoms. The van der Waals surface area contributed by atoms with Crippen LogP contribution >= 0.6 is 0 Å². The fourth-order valence-corrected chi connectivity index (χ4v) is 1.44. The van der Waals surface area contributed by atoms with Gasteiger partial charge in [0.15, 0.2) is 6.61 Å². The quantitative estimate of drug-likeness (QED) is 0.754. The van der Waals surface area contributed by atoms with E-state index < -0.39 is 0 Å². The van der Waals surface area contributed by atoms with E-state index in [1.807, 2.05) is 24.3 Å². The van der Waals surface area contributed by atoms with Crippen LogP contribution in [0.15, 0.2) is 24.3 Å². The number of benzene rings is 1. The van der Waals surface area contributed by atoms with Crippen LogP contribution in [0.5, 0.6) is 5.75 Å². The van der Waals surface area contributed by atoms with Gasteiger partial charge in [0.2, 0.25) is 0 Å². The molecule has 1 aromatic carbocycles. The van der Waals surface area contributed by atoms with E-state index >= 15 is 0 Å². The van der Waals surface area contributed by atoms with Gasteiger partial charge >= 0.3 is 5.97 Å². The molecule has 0 atom stereocenters. The average molecular weight is 251 g/mol. The second kappa shape index (κ2) is 7.71. The van der Waals surface area contributed by atoms with Gasteiger partial charge in [-0.05, 0) is 13.0 Å². The topological polar surface area (TPSA) is 47.6 Å². The van der Waals surface area contributed by atoms with Crippen LogP contribution in [0.1, 0.15) is 26.3 Å². The van der Waals surface area contributed by atoms with Crippen molar-refractivity contribution in [1.82, 2.24) is 5.32 Å². The SMILES string of the molecule is CCOC(=O)COc1ccccc1CNC(C)C. The molecule has 100 valence electrons. The smallest absolute Gasteiger partial charge is 0.344 e. The third-order valence-electron chi connectivity index (χ3n) is 2.32. The van der Waals surface area contributed by atoms with Crippen LogP contribution in [-0.4, -0.2) is 25.2 Å². The molecule has 0 amide bonds. The summed E-state index contributed by atoms with van der Waals surface area (Å²) in [4.78, 5) is 11.2. The van der Waals surface area contributed by atoms with Gasteiger partial charge in [-0.25, -0.2) is 4.79 Å². The summed E-state index contributed by atoms with van der Waals surface area (Å²) in [5.74, 6) is 0.378. The highest BCUT2D eigenvalue weighted by Gasteiger charge is 2.07. The van der Waals surface area contributed by atoms with Gasteiger partial charge < -0.3 is 14.8 Å². The van der Waals surface area contributed by atoms with Gasteiger partial charge in [-0.1, -0.05) is 32.0 Å². The Bertz CT molecular complexity index is 377. The van der Waals surface area contributed by atoms with Crippen molar-refractivity contribution in [3.05, 3.63) is 29.8 Å². The van der Waals surface area contributed by atoms with Crippen molar-refractivity contribution < 1.29 is 14.3 Å². The molecule has 0 spiro atoms. The van der Waals surface area contributed by atoms with Crippen molar-refractivity contribution in [2.45, 2.75) is 33.4 Å². The zero-order valence-electron chi connectivity index (χ0n) is 11.2. The second-order valence-corrected chi connectivity index (χ2v) is 4.24. The lowest BCUT2D eigenvalue weighted by atomic mass is 10.2. The van der Waals surface area contributed by atoms with E-state index in [1.165, 1.54) is 0 Å². The maximum atomic E-state index is 11.2. The molecule has 0 aliphatic heterocycles. The maximum absolute atomic E-state index is 11.2. The molecule has 1 aromatic rings. The van der Waals surface area contributed by atoms with E-state index in [1.54, 1.807) is 6.92 Å². The first-order valence-corrected chi connectivity index (χ1v) is 6.23. The van der Waals surface area contributed by atoms with E-state index in [4.69, 9.17) is 9.47 Å². The minimum atomic E-state index is -0.343. The summed E-state index contributed by atoms with van der Waals surface area (Å²) in [6.45, 7) is 6.99. The van der Waals surface area contributed by atoms with Crippen LogP contribution in [0.3, 0.4) is 0 Å². The Morgan fingerprint density at radius 2 is 2.06 bits per heavy atom. The molecule has 1 rings (SSSR count). The Balaban J connectivity index is 2.56. The first-order valence-electron chi connectivity index (χ1n) is 6.23. The second-order valence-electron chi connectivity index (χ2n) is 4.24. The zero-order valence-corrected chi connectivity index (χ0v) is 11.2. The normalized spacial score (nSPS) is 10.4. The summed E-state index contributed by atoms with van der Waals surface area (Å²) in [7, 11) is 0. The third kappa shape index (κ3) is 5.19. The zero-order chi connectivity index (χ0) is 13.4. The van der Waals surface area contributed by atoms with Gasteiger partial charge in [0, 0.05) is 18.2 Å². The Hall–Kier alpha value is -1.55. The highest BCUT2D eigenvalue weighted by molar-refractivity contribution is 5.71. The van der Waals surface area contributed by atoms with Crippen molar-refractivity contribution in [2.24, 2.45) is 0 Å². The number of ether oxygens (including phenoxy) is 2. The van der Waals surface area contributed by atoms with Gasteiger partial charge in [-0.15, -0.1) is 0 Å². The van der Waals surface area contributed by atoms with Gasteiger partial charge in [0.25, 0.3) is 0 Å². The summed E-state index contributed by atoms with van der Waals surface area (Å²) in [5, 5.41) is 3.32. The summed E-state index contributed by atoms with van der Waals surface area (Å²) >= 11 is 0. The molecular formula is C14H21NO3. The molecule has 0 radical (unpaired) electrons. The van der Waals surface area contributed by atoms with Crippen molar-refractivity contribution in [3.8, 4) is 5.75 Å². The fourth-order valence-electron chi connectivity index (χ4n) is 1.44. The van der Waals surface area contributed by atoms with Crippen molar-refractivity contribution >= 4 is 5.97 Å². The first-order chi connectivity index (χ1) is 8.63. The molecule has 0 fully saturated rings. The minimum absolute atomic E-state index is 0.0491. The van der Waals surface area contributed by atoms with Crippen LogP contribution in [0, 0.1) is 0 Å². The van der Waals surface area contributed by atoms with E-state index in [2.05, 4.69) is 19.2 Å². The summed E-state index contributed by atoms with van der Waals surface area (Å²) < 4.78 is 10.3.